The maximum Gasteiger partial charge on any atom is 0.291 e. The van der Waals surface area contributed by atoms with Crippen molar-refractivity contribution in [2.45, 2.75) is 0 Å². The van der Waals surface area contributed by atoms with Gasteiger partial charge in [-0.1, -0.05) is 0 Å². The molecule has 7 nitrogen and oxygen atoms in total. The molecule has 0 saturated heterocycles. The van der Waals surface area contributed by atoms with Crippen molar-refractivity contribution in [1.82, 2.24) is 20.1 Å². The number of aromatic nitrogens is 3. The number of hydrogen-bond acceptors (Lipinski definition) is 5. The summed E-state index contributed by atoms with van der Waals surface area (Å²) in [5.41, 5.74) is 0. The summed E-state index contributed by atoms with van der Waals surface area (Å²) < 4.78 is 10.6. The van der Waals surface area contributed by atoms with Gasteiger partial charge in [-0.2, -0.15) is 5.10 Å². The van der Waals surface area contributed by atoms with E-state index in [0.717, 1.165) is 11.5 Å². The lowest BCUT2D eigenvalue weighted by molar-refractivity contribution is 0.0762. The van der Waals surface area contributed by atoms with Crippen LogP contribution in [0, 0.1) is 0 Å². The van der Waals surface area contributed by atoms with Crippen molar-refractivity contribution < 1.29 is 14.3 Å². The minimum absolute atomic E-state index is 0.219. The molecule has 0 saturated carbocycles. The van der Waals surface area contributed by atoms with Crippen LogP contribution in [0.25, 0.3) is 0 Å². The molecule has 0 bridgehead atoms. The highest BCUT2D eigenvalue weighted by Gasteiger charge is 2.13. The fourth-order valence-corrected chi connectivity index (χ4v) is 1.56. The zero-order chi connectivity index (χ0) is 14.4. The van der Waals surface area contributed by atoms with E-state index in [-0.39, 0.29) is 11.7 Å². The van der Waals surface area contributed by atoms with Gasteiger partial charge in [0.05, 0.1) is 13.7 Å². The Labute approximate surface area is 116 Å². The highest BCUT2D eigenvalue weighted by atomic mass is 16.5. The number of methoxy groups -OCH3 is 1. The molecule has 20 heavy (non-hydrogen) atoms. The smallest absolute Gasteiger partial charge is 0.291 e. The van der Waals surface area contributed by atoms with Crippen molar-refractivity contribution >= 4 is 5.91 Å². The Balaban J connectivity index is 1.78. The number of benzene rings is 1. The Kier molecular flexibility index (Phi) is 4.54. The first-order chi connectivity index (χ1) is 9.70. The fraction of sp³-hybridized carbons (Fsp3) is 0.308. The molecular weight excluding hydrogens is 260 g/mol. The molecule has 7 heteroatoms. The highest BCUT2D eigenvalue weighted by molar-refractivity contribution is 5.90. The number of likely N-dealkylation sites (N-methyl/N-ethyl adjacent to an activating group) is 1. The van der Waals surface area contributed by atoms with Gasteiger partial charge in [0.2, 0.25) is 5.82 Å². The minimum Gasteiger partial charge on any atom is -0.497 e. The van der Waals surface area contributed by atoms with E-state index in [4.69, 9.17) is 9.47 Å². The summed E-state index contributed by atoms with van der Waals surface area (Å²) in [5, 5.41) is 6.17. The number of H-pyrrole nitrogens is 1. The van der Waals surface area contributed by atoms with Crippen molar-refractivity contribution in [3.63, 3.8) is 0 Å². The maximum absolute atomic E-state index is 11.9. The molecule has 0 aliphatic rings. The second-order valence-corrected chi connectivity index (χ2v) is 4.08. The molecule has 1 amide bonds. The summed E-state index contributed by atoms with van der Waals surface area (Å²) in [6.45, 7) is 0.842. The first-order valence-corrected chi connectivity index (χ1v) is 6.08. The first kappa shape index (κ1) is 13.9. The quantitative estimate of drug-likeness (QED) is 0.850. The molecular formula is C13H16N4O3. The van der Waals surface area contributed by atoms with E-state index in [9.17, 15) is 4.79 Å². The van der Waals surface area contributed by atoms with E-state index in [2.05, 4.69) is 15.2 Å². The minimum atomic E-state index is -0.221. The van der Waals surface area contributed by atoms with Crippen LogP contribution in [0.5, 0.6) is 11.5 Å². The molecule has 2 aromatic rings. The Hall–Kier alpha value is -2.57. The molecule has 1 aromatic heterocycles. The lowest BCUT2D eigenvalue weighted by Crippen LogP contribution is -2.31. The van der Waals surface area contributed by atoms with Crippen molar-refractivity contribution in [2.75, 3.05) is 27.3 Å². The number of carbonyl (C=O) groups excluding carboxylic acids is 1. The maximum atomic E-state index is 11.9. The molecule has 0 aliphatic heterocycles. The SMILES string of the molecule is COc1ccc(OCCN(C)C(=O)c2ncn[nH]2)cc1. The molecule has 2 rings (SSSR count). The molecule has 0 spiro atoms. The predicted octanol–water partition coefficient (Wildman–Crippen LogP) is 0.964. The third-order valence-electron chi connectivity index (χ3n) is 2.72. The van der Waals surface area contributed by atoms with E-state index >= 15 is 0 Å². The number of rotatable bonds is 6. The van der Waals surface area contributed by atoms with Gasteiger partial charge in [-0.05, 0) is 24.3 Å². The van der Waals surface area contributed by atoms with Crippen molar-refractivity contribution in [3.8, 4) is 11.5 Å². The van der Waals surface area contributed by atoms with Crippen LogP contribution in [0.4, 0.5) is 0 Å². The Morgan fingerprint density at radius 2 is 2.00 bits per heavy atom. The average molecular weight is 276 g/mol. The second-order valence-electron chi connectivity index (χ2n) is 4.08. The standard InChI is InChI=1S/C13H16N4O3/c1-17(13(18)12-14-9-15-16-12)7-8-20-11-5-3-10(19-2)4-6-11/h3-6,9H,7-8H2,1-2H3,(H,14,15,16). The lowest BCUT2D eigenvalue weighted by atomic mass is 10.3. The summed E-state index contributed by atoms with van der Waals surface area (Å²) in [7, 11) is 3.29. The highest BCUT2D eigenvalue weighted by Crippen LogP contribution is 2.16. The van der Waals surface area contributed by atoms with Gasteiger partial charge < -0.3 is 14.4 Å². The van der Waals surface area contributed by atoms with Crippen LogP contribution in [-0.4, -0.2) is 53.3 Å². The van der Waals surface area contributed by atoms with E-state index in [1.54, 1.807) is 14.2 Å². The second kappa shape index (κ2) is 6.55. The van der Waals surface area contributed by atoms with Gasteiger partial charge in [0.25, 0.3) is 5.91 Å². The molecule has 0 radical (unpaired) electrons. The zero-order valence-corrected chi connectivity index (χ0v) is 11.4. The van der Waals surface area contributed by atoms with Gasteiger partial charge in [0.1, 0.15) is 24.4 Å². The van der Waals surface area contributed by atoms with Crippen LogP contribution in [0.2, 0.25) is 0 Å². The van der Waals surface area contributed by atoms with Crippen molar-refractivity contribution in [3.05, 3.63) is 36.4 Å². The first-order valence-electron chi connectivity index (χ1n) is 6.08. The van der Waals surface area contributed by atoms with E-state index in [1.165, 1.54) is 11.2 Å². The third kappa shape index (κ3) is 3.47. The van der Waals surface area contributed by atoms with Crippen molar-refractivity contribution in [2.24, 2.45) is 0 Å². The third-order valence-corrected chi connectivity index (χ3v) is 2.72. The van der Waals surface area contributed by atoms with Crippen molar-refractivity contribution in [1.29, 1.82) is 0 Å². The Bertz CT molecular complexity index is 539. The van der Waals surface area contributed by atoms with Crippen LogP contribution in [0.15, 0.2) is 30.6 Å². The van der Waals surface area contributed by atoms with Crippen LogP contribution in [0.3, 0.4) is 0 Å². The number of ether oxygens (including phenoxy) is 2. The number of nitrogens with one attached hydrogen (secondary N) is 1. The van der Waals surface area contributed by atoms with E-state index in [0.29, 0.717) is 13.2 Å². The fourth-order valence-electron chi connectivity index (χ4n) is 1.56. The molecule has 0 aliphatic carbocycles. The summed E-state index contributed by atoms with van der Waals surface area (Å²) in [4.78, 5) is 17.2. The predicted molar refractivity (Wildman–Crippen MR) is 71.8 cm³/mol. The summed E-state index contributed by atoms with van der Waals surface area (Å²) in [5.74, 6) is 1.50. The van der Waals surface area contributed by atoms with Gasteiger partial charge in [0, 0.05) is 7.05 Å². The number of nitrogens with zero attached hydrogens (tertiary/aromatic N) is 3. The number of carbonyl (C=O) groups is 1. The van der Waals surface area contributed by atoms with Gasteiger partial charge in [-0.3, -0.25) is 9.89 Å². The van der Waals surface area contributed by atoms with Crippen LogP contribution in [-0.2, 0) is 0 Å². The zero-order valence-electron chi connectivity index (χ0n) is 11.4. The molecule has 1 heterocycles. The van der Waals surface area contributed by atoms with Gasteiger partial charge in [0.15, 0.2) is 0 Å². The van der Waals surface area contributed by atoms with E-state index in [1.807, 2.05) is 24.3 Å². The van der Waals surface area contributed by atoms with Gasteiger partial charge >= 0.3 is 0 Å². The Morgan fingerprint density at radius 1 is 1.30 bits per heavy atom. The summed E-state index contributed by atoms with van der Waals surface area (Å²) >= 11 is 0. The molecule has 1 aromatic carbocycles. The van der Waals surface area contributed by atoms with Gasteiger partial charge in [-0.15, -0.1) is 0 Å². The van der Waals surface area contributed by atoms with E-state index < -0.39 is 0 Å². The lowest BCUT2D eigenvalue weighted by Gasteiger charge is -2.16. The number of aromatic amines is 1. The molecule has 0 unspecified atom stereocenters. The normalized spacial score (nSPS) is 10.1. The van der Waals surface area contributed by atoms with Gasteiger partial charge in [-0.25, -0.2) is 4.98 Å². The number of amides is 1. The topological polar surface area (TPSA) is 80.3 Å². The molecule has 106 valence electrons. The molecule has 0 atom stereocenters. The molecule has 1 N–H and O–H groups in total. The average Bonchev–Trinajstić information content (AvgIpc) is 3.01. The van der Waals surface area contributed by atoms with Crippen LogP contribution < -0.4 is 9.47 Å². The molecule has 0 fully saturated rings. The number of hydrogen-bond donors (Lipinski definition) is 1. The van der Waals surface area contributed by atoms with Crippen LogP contribution >= 0.6 is 0 Å². The Morgan fingerprint density at radius 3 is 2.60 bits per heavy atom. The largest absolute Gasteiger partial charge is 0.497 e. The monoisotopic (exact) mass is 276 g/mol. The summed E-state index contributed by atoms with van der Waals surface area (Å²) in [6.07, 6.45) is 1.30. The summed E-state index contributed by atoms with van der Waals surface area (Å²) in [6, 6.07) is 7.27. The van der Waals surface area contributed by atoms with Crippen LogP contribution in [0.1, 0.15) is 10.6 Å².